The van der Waals surface area contributed by atoms with E-state index in [1.165, 1.54) is 6.21 Å². The van der Waals surface area contributed by atoms with Crippen LogP contribution in [0.5, 0.6) is 5.75 Å². The Kier molecular flexibility index (Phi) is 7.12. The average molecular weight is 502 g/mol. The minimum atomic E-state index is -0.476. The van der Waals surface area contributed by atoms with Crippen LogP contribution in [0.25, 0.3) is 10.8 Å². The fourth-order valence-corrected chi connectivity index (χ4v) is 3.59. The first-order valence-corrected chi connectivity index (χ1v) is 11.0. The zero-order valence-electron chi connectivity index (χ0n) is 17.5. The van der Waals surface area contributed by atoms with E-state index >= 15 is 0 Å². The molecule has 0 aliphatic heterocycles. The second-order valence-corrected chi connectivity index (χ2v) is 8.03. The third-order valence-corrected chi connectivity index (χ3v) is 5.30. The summed E-state index contributed by atoms with van der Waals surface area (Å²) < 4.78 is 6.30. The Labute approximate surface area is 199 Å². The number of anilines is 1. The molecule has 0 bridgehead atoms. The van der Waals surface area contributed by atoms with Crippen LogP contribution in [0.15, 0.2) is 101 Å². The lowest BCUT2D eigenvalue weighted by Gasteiger charge is -2.09. The van der Waals surface area contributed by atoms with Crippen LogP contribution in [0.1, 0.15) is 15.9 Å². The second kappa shape index (κ2) is 10.6. The van der Waals surface area contributed by atoms with Gasteiger partial charge in [0, 0.05) is 21.1 Å². The van der Waals surface area contributed by atoms with Crippen molar-refractivity contribution in [1.29, 1.82) is 0 Å². The Hall–Kier alpha value is -3.97. The van der Waals surface area contributed by atoms with Gasteiger partial charge in [-0.1, -0.05) is 70.5 Å². The van der Waals surface area contributed by atoms with Gasteiger partial charge < -0.3 is 10.1 Å². The summed E-state index contributed by atoms with van der Waals surface area (Å²) in [6.45, 7) is 0.0552. The van der Waals surface area contributed by atoms with Crippen molar-refractivity contribution >= 4 is 50.5 Å². The van der Waals surface area contributed by atoms with E-state index in [-0.39, 0.29) is 12.5 Å². The van der Waals surface area contributed by atoms with E-state index in [1.54, 1.807) is 42.5 Å². The zero-order valence-corrected chi connectivity index (χ0v) is 19.1. The monoisotopic (exact) mass is 501 g/mol. The number of fused-ring (bicyclic) bond motifs is 1. The summed E-state index contributed by atoms with van der Waals surface area (Å²) in [5.41, 5.74) is 4.34. The quantitative estimate of drug-likeness (QED) is 0.154. The number of hydrogen-bond donors (Lipinski definition) is 2. The van der Waals surface area contributed by atoms with Crippen LogP contribution < -0.4 is 15.5 Å². The van der Waals surface area contributed by atoms with Crippen molar-refractivity contribution in [2.75, 3.05) is 11.9 Å². The highest BCUT2D eigenvalue weighted by Gasteiger charge is 2.11. The first kappa shape index (κ1) is 22.2. The van der Waals surface area contributed by atoms with Crippen LogP contribution in [-0.2, 0) is 4.79 Å². The van der Waals surface area contributed by atoms with Gasteiger partial charge in [-0.3, -0.25) is 4.79 Å². The van der Waals surface area contributed by atoms with E-state index in [1.807, 2.05) is 48.5 Å². The van der Waals surface area contributed by atoms with Gasteiger partial charge in [0.2, 0.25) is 0 Å². The predicted molar refractivity (Wildman–Crippen MR) is 134 cm³/mol. The number of carbonyl (C=O) groups is 2. The number of ether oxygens (including phenoxy) is 1. The fraction of sp³-hybridized carbons (Fsp3) is 0.0385. The van der Waals surface area contributed by atoms with E-state index in [4.69, 9.17) is 4.74 Å². The maximum absolute atomic E-state index is 12.4. The van der Waals surface area contributed by atoms with E-state index < -0.39 is 5.97 Å². The molecule has 0 saturated carbocycles. The van der Waals surface area contributed by atoms with Crippen molar-refractivity contribution in [3.63, 3.8) is 0 Å². The lowest BCUT2D eigenvalue weighted by Crippen LogP contribution is -2.26. The molecule has 164 valence electrons. The molecule has 0 aromatic heterocycles. The summed E-state index contributed by atoms with van der Waals surface area (Å²) in [4.78, 5) is 24.7. The molecule has 7 heteroatoms. The van der Waals surface area contributed by atoms with Crippen LogP contribution in [0.2, 0.25) is 0 Å². The predicted octanol–water partition coefficient (Wildman–Crippen LogP) is 5.38. The normalized spacial score (nSPS) is 10.8. The van der Waals surface area contributed by atoms with E-state index in [0.29, 0.717) is 16.9 Å². The molecule has 0 radical (unpaired) electrons. The standard InChI is InChI=1S/C26H20BrN3O3/c27-21-13-14-24(33-26(32)19-8-2-1-3-9-19)20(15-21)16-29-30-25(31)17-28-23-12-6-10-18-7-4-5-11-22(18)23/h1-16,28H,17H2,(H,30,31)/b29-16+. The molecule has 4 aromatic carbocycles. The Morgan fingerprint density at radius 1 is 0.909 bits per heavy atom. The Morgan fingerprint density at radius 2 is 1.67 bits per heavy atom. The molecule has 4 aromatic rings. The van der Waals surface area contributed by atoms with Crippen LogP contribution in [0.4, 0.5) is 5.69 Å². The molecule has 1 amide bonds. The summed E-state index contributed by atoms with van der Waals surface area (Å²) in [5, 5.41) is 9.29. The van der Waals surface area contributed by atoms with Crippen molar-refractivity contribution in [1.82, 2.24) is 5.43 Å². The molecule has 0 spiro atoms. The lowest BCUT2D eigenvalue weighted by molar-refractivity contribution is -0.119. The number of rotatable bonds is 7. The van der Waals surface area contributed by atoms with Crippen LogP contribution in [0.3, 0.4) is 0 Å². The third kappa shape index (κ3) is 5.84. The van der Waals surface area contributed by atoms with Crippen molar-refractivity contribution in [2.45, 2.75) is 0 Å². The lowest BCUT2D eigenvalue weighted by atomic mass is 10.1. The number of benzene rings is 4. The van der Waals surface area contributed by atoms with Crippen LogP contribution in [0, 0.1) is 0 Å². The van der Waals surface area contributed by atoms with Crippen molar-refractivity contribution in [3.8, 4) is 5.75 Å². The van der Waals surface area contributed by atoms with Gasteiger partial charge in [0.15, 0.2) is 0 Å². The number of hydrogen-bond acceptors (Lipinski definition) is 5. The maximum atomic E-state index is 12.4. The summed E-state index contributed by atoms with van der Waals surface area (Å²) >= 11 is 3.40. The highest BCUT2D eigenvalue weighted by Crippen LogP contribution is 2.24. The van der Waals surface area contributed by atoms with Crippen molar-refractivity contribution in [3.05, 3.63) is 107 Å². The summed E-state index contributed by atoms with van der Waals surface area (Å²) in [5.74, 6) is -0.452. The molecule has 2 N–H and O–H groups in total. The molecule has 0 unspecified atom stereocenters. The van der Waals surface area contributed by atoms with E-state index in [2.05, 4.69) is 31.8 Å². The van der Waals surface area contributed by atoms with Gasteiger partial charge in [-0.15, -0.1) is 0 Å². The highest BCUT2D eigenvalue weighted by molar-refractivity contribution is 9.10. The SMILES string of the molecule is O=C(CNc1cccc2ccccc12)N/N=C/c1cc(Br)ccc1OC(=O)c1ccccc1. The molecule has 0 fully saturated rings. The second-order valence-electron chi connectivity index (χ2n) is 7.11. The number of esters is 1. The number of halogens is 1. The van der Waals surface area contributed by atoms with E-state index in [9.17, 15) is 9.59 Å². The minimum Gasteiger partial charge on any atom is -0.422 e. The number of nitrogens with zero attached hydrogens (tertiary/aromatic N) is 1. The van der Waals surface area contributed by atoms with Crippen molar-refractivity contribution in [2.24, 2.45) is 5.10 Å². The van der Waals surface area contributed by atoms with Gasteiger partial charge in [0.25, 0.3) is 5.91 Å². The van der Waals surface area contributed by atoms with Crippen LogP contribution in [-0.4, -0.2) is 24.6 Å². The van der Waals surface area contributed by atoms with Gasteiger partial charge in [-0.2, -0.15) is 5.10 Å². The summed E-state index contributed by atoms with van der Waals surface area (Å²) in [7, 11) is 0. The molecular formula is C26H20BrN3O3. The first-order chi connectivity index (χ1) is 16.1. The molecule has 0 aliphatic rings. The maximum Gasteiger partial charge on any atom is 0.343 e. The zero-order chi connectivity index (χ0) is 23.0. The van der Waals surface area contributed by atoms with Gasteiger partial charge in [-0.25, -0.2) is 10.2 Å². The van der Waals surface area contributed by atoms with Gasteiger partial charge in [0.1, 0.15) is 5.75 Å². The molecular weight excluding hydrogens is 482 g/mol. The molecule has 0 heterocycles. The molecule has 33 heavy (non-hydrogen) atoms. The smallest absolute Gasteiger partial charge is 0.343 e. The molecule has 4 rings (SSSR count). The summed E-state index contributed by atoms with van der Waals surface area (Å²) in [6, 6.07) is 27.7. The Morgan fingerprint density at radius 3 is 2.52 bits per heavy atom. The molecule has 0 aliphatic carbocycles. The number of amides is 1. The Bertz CT molecular complexity index is 1320. The van der Waals surface area contributed by atoms with Crippen LogP contribution >= 0.6 is 15.9 Å². The number of hydrazone groups is 1. The van der Waals surface area contributed by atoms with Crippen molar-refractivity contribution < 1.29 is 14.3 Å². The first-order valence-electron chi connectivity index (χ1n) is 10.2. The van der Waals surface area contributed by atoms with E-state index in [0.717, 1.165) is 20.9 Å². The molecule has 0 saturated heterocycles. The largest absolute Gasteiger partial charge is 0.422 e. The number of nitrogens with one attached hydrogen (secondary N) is 2. The Balaban J connectivity index is 1.39. The topological polar surface area (TPSA) is 79.8 Å². The minimum absolute atomic E-state index is 0.0552. The van der Waals surface area contributed by atoms with Gasteiger partial charge >= 0.3 is 5.97 Å². The van der Waals surface area contributed by atoms with Gasteiger partial charge in [-0.05, 0) is 41.8 Å². The fourth-order valence-electron chi connectivity index (χ4n) is 3.21. The summed E-state index contributed by atoms with van der Waals surface area (Å²) in [6.07, 6.45) is 1.44. The molecule has 0 atom stereocenters. The van der Waals surface area contributed by atoms with Gasteiger partial charge in [0.05, 0.1) is 18.3 Å². The average Bonchev–Trinajstić information content (AvgIpc) is 2.84. The highest BCUT2D eigenvalue weighted by atomic mass is 79.9. The number of carbonyl (C=O) groups excluding carboxylic acids is 2. The molecule has 6 nitrogen and oxygen atoms in total. The third-order valence-electron chi connectivity index (χ3n) is 4.81.